The van der Waals surface area contributed by atoms with Gasteiger partial charge in [-0.1, -0.05) is 20.3 Å². The van der Waals surface area contributed by atoms with Crippen LogP contribution in [-0.2, 0) is 0 Å². The third-order valence-electron chi connectivity index (χ3n) is 2.76. The lowest BCUT2D eigenvalue weighted by molar-refractivity contribution is 0.0950. The number of likely N-dealkylation sites (tertiary alicyclic amines) is 1. The molecule has 0 radical (unpaired) electrons. The molecule has 0 aromatic carbocycles. The Hall–Kier alpha value is -0.0800. The summed E-state index contributed by atoms with van der Waals surface area (Å²) >= 11 is 0. The van der Waals surface area contributed by atoms with Crippen LogP contribution in [0.5, 0.6) is 0 Å². The molecule has 0 atom stereocenters. The van der Waals surface area contributed by atoms with E-state index in [1.54, 1.807) is 0 Å². The van der Waals surface area contributed by atoms with Gasteiger partial charge in [0.1, 0.15) is 0 Å². The molecule has 13 heavy (non-hydrogen) atoms. The third kappa shape index (κ3) is 4.10. The van der Waals surface area contributed by atoms with Crippen molar-refractivity contribution in [3.05, 3.63) is 0 Å². The fourth-order valence-electron chi connectivity index (χ4n) is 1.99. The zero-order chi connectivity index (χ0) is 9.52. The maximum Gasteiger partial charge on any atom is 0.0107 e. The van der Waals surface area contributed by atoms with Crippen LogP contribution in [0.4, 0.5) is 0 Å². The third-order valence-corrected chi connectivity index (χ3v) is 2.76. The molecule has 0 aromatic heterocycles. The van der Waals surface area contributed by atoms with E-state index in [2.05, 4.69) is 24.1 Å². The summed E-state index contributed by atoms with van der Waals surface area (Å²) in [4.78, 5) is 2.56. The van der Waals surface area contributed by atoms with Crippen molar-refractivity contribution in [3.8, 4) is 0 Å². The Morgan fingerprint density at radius 1 is 1.15 bits per heavy atom. The monoisotopic (exact) mass is 184 g/mol. The summed E-state index contributed by atoms with van der Waals surface area (Å²) in [5.74, 6) is 1.01. The molecule has 1 aliphatic heterocycles. The van der Waals surface area contributed by atoms with E-state index in [1.165, 1.54) is 52.0 Å². The lowest BCUT2D eigenvalue weighted by Crippen LogP contribution is -2.48. The number of nitrogens with zero attached hydrogens (tertiary/aromatic N) is 1. The first kappa shape index (κ1) is 11.0. The van der Waals surface area contributed by atoms with E-state index in [-0.39, 0.29) is 0 Å². The molecule has 0 unspecified atom stereocenters. The molecule has 1 rings (SSSR count). The molecule has 78 valence electrons. The molecule has 0 aromatic rings. The van der Waals surface area contributed by atoms with Gasteiger partial charge in [0.2, 0.25) is 0 Å². The zero-order valence-electron chi connectivity index (χ0n) is 9.18. The van der Waals surface area contributed by atoms with Crippen LogP contribution in [0, 0.1) is 5.92 Å². The first-order chi connectivity index (χ1) is 6.36. The van der Waals surface area contributed by atoms with Crippen LogP contribution in [0.15, 0.2) is 0 Å². The van der Waals surface area contributed by atoms with Crippen LogP contribution in [0.25, 0.3) is 0 Å². The second-order valence-electron chi connectivity index (χ2n) is 4.16. The van der Waals surface area contributed by atoms with Crippen molar-refractivity contribution in [3.63, 3.8) is 0 Å². The highest BCUT2D eigenvalue weighted by Crippen LogP contribution is 2.19. The van der Waals surface area contributed by atoms with Gasteiger partial charge in [-0.2, -0.15) is 0 Å². The molecule has 0 spiro atoms. The van der Waals surface area contributed by atoms with Gasteiger partial charge in [-0.3, -0.25) is 0 Å². The van der Waals surface area contributed by atoms with E-state index in [0.717, 1.165) is 5.92 Å². The number of nitrogens with one attached hydrogen (secondary N) is 1. The summed E-state index contributed by atoms with van der Waals surface area (Å²) < 4.78 is 0. The van der Waals surface area contributed by atoms with Crippen LogP contribution in [0.3, 0.4) is 0 Å². The minimum atomic E-state index is 1.01. The largest absolute Gasteiger partial charge is 0.315 e. The minimum Gasteiger partial charge on any atom is -0.315 e. The number of rotatable bonds is 7. The van der Waals surface area contributed by atoms with Crippen molar-refractivity contribution >= 4 is 0 Å². The maximum atomic E-state index is 3.44. The Morgan fingerprint density at radius 2 is 1.92 bits per heavy atom. The highest BCUT2D eigenvalue weighted by atomic mass is 15.2. The van der Waals surface area contributed by atoms with Crippen LogP contribution in [0.2, 0.25) is 0 Å². The minimum absolute atomic E-state index is 1.01. The van der Waals surface area contributed by atoms with Gasteiger partial charge in [0.25, 0.3) is 0 Å². The Balaban J connectivity index is 1.84. The second-order valence-corrected chi connectivity index (χ2v) is 4.16. The van der Waals surface area contributed by atoms with E-state index in [1.807, 2.05) is 0 Å². The van der Waals surface area contributed by atoms with Crippen LogP contribution in [0.1, 0.15) is 33.1 Å². The molecule has 1 N–H and O–H groups in total. The van der Waals surface area contributed by atoms with Gasteiger partial charge >= 0.3 is 0 Å². The standard InChI is InChI=1S/C11H24N2/c1-3-5-11-9-13(10-11)8-7-12-6-4-2/h11-12H,3-10H2,1-2H3. The topological polar surface area (TPSA) is 15.3 Å². The molecule has 1 heterocycles. The van der Waals surface area contributed by atoms with Gasteiger partial charge in [-0.15, -0.1) is 0 Å². The Kier molecular flexibility index (Phi) is 5.40. The SMILES string of the molecule is CCCNCCN1CC(CCC)C1. The lowest BCUT2D eigenvalue weighted by Gasteiger charge is -2.39. The predicted molar refractivity (Wildman–Crippen MR) is 58.0 cm³/mol. The van der Waals surface area contributed by atoms with E-state index in [4.69, 9.17) is 0 Å². The molecule has 0 amide bonds. The van der Waals surface area contributed by atoms with Gasteiger partial charge in [-0.05, 0) is 25.3 Å². The van der Waals surface area contributed by atoms with Gasteiger partial charge < -0.3 is 10.2 Å². The molecule has 0 saturated carbocycles. The van der Waals surface area contributed by atoms with Crippen molar-refractivity contribution < 1.29 is 0 Å². The summed E-state index contributed by atoms with van der Waals surface area (Å²) in [5.41, 5.74) is 0. The quantitative estimate of drug-likeness (QED) is 0.606. The summed E-state index contributed by atoms with van der Waals surface area (Å²) in [6.07, 6.45) is 4.03. The molecule has 1 fully saturated rings. The van der Waals surface area contributed by atoms with Crippen molar-refractivity contribution in [2.45, 2.75) is 33.1 Å². The van der Waals surface area contributed by atoms with E-state index in [9.17, 15) is 0 Å². The maximum absolute atomic E-state index is 3.44. The first-order valence-electron chi connectivity index (χ1n) is 5.79. The van der Waals surface area contributed by atoms with Crippen molar-refractivity contribution in [1.29, 1.82) is 0 Å². The summed E-state index contributed by atoms with van der Waals surface area (Å²) in [6.45, 7) is 10.8. The van der Waals surface area contributed by atoms with Crippen molar-refractivity contribution in [2.75, 3.05) is 32.7 Å². The molecule has 2 heteroatoms. The van der Waals surface area contributed by atoms with Crippen molar-refractivity contribution in [2.24, 2.45) is 5.92 Å². The molecular weight excluding hydrogens is 160 g/mol. The highest BCUT2D eigenvalue weighted by molar-refractivity contribution is 4.79. The molecule has 1 saturated heterocycles. The Bertz CT molecular complexity index is 119. The average Bonchev–Trinajstić information content (AvgIpc) is 2.07. The van der Waals surface area contributed by atoms with E-state index in [0.29, 0.717) is 0 Å². The van der Waals surface area contributed by atoms with Gasteiger partial charge in [-0.25, -0.2) is 0 Å². The number of hydrogen-bond acceptors (Lipinski definition) is 2. The number of hydrogen-bond donors (Lipinski definition) is 1. The summed E-state index contributed by atoms with van der Waals surface area (Å²) in [7, 11) is 0. The highest BCUT2D eigenvalue weighted by Gasteiger charge is 2.24. The fourth-order valence-corrected chi connectivity index (χ4v) is 1.99. The average molecular weight is 184 g/mol. The first-order valence-corrected chi connectivity index (χ1v) is 5.79. The zero-order valence-corrected chi connectivity index (χ0v) is 9.18. The molecule has 2 nitrogen and oxygen atoms in total. The van der Waals surface area contributed by atoms with Gasteiger partial charge in [0.05, 0.1) is 0 Å². The Morgan fingerprint density at radius 3 is 2.54 bits per heavy atom. The van der Waals surface area contributed by atoms with Crippen LogP contribution >= 0.6 is 0 Å². The van der Waals surface area contributed by atoms with Crippen molar-refractivity contribution in [1.82, 2.24) is 10.2 Å². The molecular formula is C11H24N2. The van der Waals surface area contributed by atoms with Crippen LogP contribution < -0.4 is 5.32 Å². The predicted octanol–water partition coefficient (Wildman–Crippen LogP) is 1.72. The molecule has 0 bridgehead atoms. The molecule has 1 aliphatic rings. The summed E-state index contributed by atoms with van der Waals surface area (Å²) in [6, 6.07) is 0. The lowest BCUT2D eigenvalue weighted by atomic mass is 9.95. The normalized spacial score (nSPS) is 18.9. The molecule has 0 aliphatic carbocycles. The Labute approximate surface area is 82.7 Å². The van der Waals surface area contributed by atoms with Gasteiger partial charge in [0.15, 0.2) is 0 Å². The fraction of sp³-hybridized carbons (Fsp3) is 1.00. The van der Waals surface area contributed by atoms with Gasteiger partial charge in [0, 0.05) is 26.2 Å². The second kappa shape index (κ2) is 6.39. The van der Waals surface area contributed by atoms with E-state index < -0.39 is 0 Å². The smallest absolute Gasteiger partial charge is 0.0107 e. The van der Waals surface area contributed by atoms with Crippen LogP contribution in [-0.4, -0.2) is 37.6 Å². The summed E-state index contributed by atoms with van der Waals surface area (Å²) in [5, 5.41) is 3.44. The van der Waals surface area contributed by atoms with E-state index >= 15 is 0 Å².